The highest BCUT2D eigenvalue weighted by molar-refractivity contribution is 7.99. The molecule has 0 amide bonds. The molecule has 0 aliphatic rings. The van der Waals surface area contributed by atoms with E-state index in [0.29, 0.717) is 0 Å². The van der Waals surface area contributed by atoms with E-state index in [1.807, 2.05) is 23.5 Å². The summed E-state index contributed by atoms with van der Waals surface area (Å²) in [6.45, 7) is 3.89. The number of rotatable bonds is 4. The highest BCUT2D eigenvalue weighted by atomic mass is 32.2. The third-order valence-corrected chi connectivity index (χ3v) is 2.09. The maximum Gasteiger partial charge on any atom is 0.0146 e. The van der Waals surface area contributed by atoms with Crippen molar-refractivity contribution in [2.45, 2.75) is 0 Å². The molecule has 0 aliphatic heterocycles. The Kier molecular flexibility index (Phi) is 5.88. The van der Waals surface area contributed by atoms with Crippen LogP contribution in [-0.4, -0.2) is 24.0 Å². The average Bonchev–Trinajstić information content (AvgIpc) is 1.68. The fourth-order valence-electron chi connectivity index (χ4n) is 0.450. The second kappa shape index (κ2) is 5.57. The van der Waals surface area contributed by atoms with Gasteiger partial charge in [-0.2, -0.15) is 23.5 Å². The SMILES string of the molecule is C=C(CSC)CSC. The molecule has 0 aromatic carbocycles. The molecule has 0 spiro atoms. The second-order valence-electron chi connectivity index (χ2n) is 1.62. The van der Waals surface area contributed by atoms with Crippen LogP contribution >= 0.6 is 23.5 Å². The van der Waals surface area contributed by atoms with Crippen LogP contribution in [0.1, 0.15) is 0 Å². The van der Waals surface area contributed by atoms with E-state index in [1.165, 1.54) is 5.57 Å². The first-order chi connectivity index (χ1) is 3.81. The molecule has 2 heteroatoms. The largest absolute Gasteiger partial charge is 0.161 e. The molecule has 0 unspecified atom stereocenters. The Balaban J connectivity index is 3.06. The van der Waals surface area contributed by atoms with Gasteiger partial charge in [-0.05, 0) is 12.5 Å². The zero-order chi connectivity index (χ0) is 6.41. The van der Waals surface area contributed by atoms with Crippen molar-refractivity contribution in [3.05, 3.63) is 12.2 Å². The number of thioether (sulfide) groups is 2. The summed E-state index contributed by atoms with van der Waals surface area (Å²) in [7, 11) is 0. The molecule has 0 aliphatic carbocycles. The molecule has 0 nitrogen and oxygen atoms in total. The third-order valence-electron chi connectivity index (χ3n) is 0.697. The van der Waals surface area contributed by atoms with Gasteiger partial charge in [0.15, 0.2) is 0 Å². The van der Waals surface area contributed by atoms with Crippen molar-refractivity contribution in [1.82, 2.24) is 0 Å². The Bertz CT molecular complexity index is 60.9. The highest BCUT2D eigenvalue weighted by Crippen LogP contribution is 2.06. The first-order valence-corrected chi connectivity index (χ1v) is 5.24. The maximum atomic E-state index is 3.89. The maximum absolute atomic E-state index is 3.89. The average molecular weight is 148 g/mol. The lowest BCUT2D eigenvalue weighted by atomic mass is 10.4. The molecule has 0 heterocycles. The van der Waals surface area contributed by atoms with Gasteiger partial charge in [-0.15, -0.1) is 0 Å². The molecule has 0 aromatic rings. The monoisotopic (exact) mass is 148 g/mol. The van der Waals surface area contributed by atoms with Gasteiger partial charge in [-0.3, -0.25) is 0 Å². The Morgan fingerprint density at radius 2 is 1.62 bits per heavy atom. The van der Waals surface area contributed by atoms with Crippen molar-refractivity contribution in [3.8, 4) is 0 Å². The van der Waals surface area contributed by atoms with Crippen LogP contribution in [0.5, 0.6) is 0 Å². The molecular weight excluding hydrogens is 136 g/mol. The first kappa shape index (κ1) is 8.44. The number of hydrogen-bond acceptors (Lipinski definition) is 2. The standard InChI is InChI=1S/C6H12S2/c1-6(4-7-2)5-8-3/h1,4-5H2,2-3H3. The Labute approximate surface area is 60.1 Å². The van der Waals surface area contributed by atoms with Gasteiger partial charge in [0.2, 0.25) is 0 Å². The van der Waals surface area contributed by atoms with Crippen molar-refractivity contribution in [2.24, 2.45) is 0 Å². The predicted octanol–water partition coefficient (Wildman–Crippen LogP) is 2.27. The van der Waals surface area contributed by atoms with Crippen LogP contribution in [0.25, 0.3) is 0 Å². The molecular formula is C6H12S2. The third kappa shape index (κ3) is 4.60. The van der Waals surface area contributed by atoms with Gasteiger partial charge in [0, 0.05) is 11.5 Å². The molecule has 0 atom stereocenters. The Hall–Kier alpha value is 0.440. The normalized spacial score (nSPS) is 9.25. The van der Waals surface area contributed by atoms with Crippen LogP contribution in [0.4, 0.5) is 0 Å². The van der Waals surface area contributed by atoms with Gasteiger partial charge in [0.05, 0.1) is 0 Å². The zero-order valence-corrected chi connectivity index (χ0v) is 7.07. The molecule has 0 saturated heterocycles. The van der Waals surface area contributed by atoms with Crippen LogP contribution in [0, 0.1) is 0 Å². The molecule has 48 valence electrons. The predicted molar refractivity (Wildman–Crippen MR) is 45.9 cm³/mol. The van der Waals surface area contributed by atoms with E-state index < -0.39 is 0 Å². The summed E-state index contributed by atoms with van der Waals surface area (Å²) in [6.07, 6.45) is 4.21. The van der Waals surface area contributed by atoms with E-state index in [4.69, 9.17) is 0 Å². The van der Waals surface area contributed by atoms with E-state index in [0.717, 1.165) is 11.5 Å². The summed E-state index contributed by atoms with van der Waals surface area (Å²) >= 11 is 3.67. The van der Waals surface area contributed by atoms with Crippen molar-refractivity contribution < 1.29 is 0 Å². The van der Waals surface area contributed by atoms with Gasteiger partial charge >= 0.3 is 0 Å². The lowest BCUT2D eigenvalue weighted by Crippen LogP contribution is -1.86. The fourth-order valence-corrected chi connectivity index (χ4v) is 1.60. The second-order valence-corrected chi connectivity index (χ2v) is 3.35. The van der Waals surface area contributed by atoms with Crippen molar-refractivity contribution in [2.75, 3.05) is 24.0 Å². The van der Waals surface area contributed by atoms with Crippen molar-refractivity contribution >= 4 is 23.5 Å². The summed E-state index contributed by atoms with van der Waals surface area (Å²) in [6, 6.07) is 0. The molecule has 0 bridgehead atoms. The topological polar surface area (TPSA) is 0 Å². The summed E-state index contributed by atoms with van der Waals surface area (Å²) in [4.78, 5) is 0. The molecule has 0 radical (unpaired) electrons. The number of hydrogen-bond donors (Lipinski definition) is 0. The van der Waals surface area contributed by atoms with E-state index in [2.05, 4.69) is 19.1 Å². The molecule has 0 rings (SSSR count). The van der Waals surface area contributed by atoms with Gasteiger partial charge in [0.1, 0.15) is 0 Å². The van der Waals surface area contributed by atoms with Gasteiger partial charge in [0.25, 0.3) is 0 Å². The van der Waals surface area contributed by atoms with E-state index >= 15 is 0 Å². The lowest BCUT2D eigenvalue weighted by molar-refractivity contribution is 1.46. The van der Waals surface area contributed by atoms with Gasteiger partial charge < -0.3 is 0 Å². The zero-order valence-electron chi connectivity index (χ0n) is 5.44. The Morgan fingerprint density at radius 3 is 1.88 bits per heavy atom. The summed E-state index contributed by atoms with van der Waals surface area (Å²) < 4.78 is 0. The highest BCUT2D eigenvalue weighted by Gasteiger charge is 1.88. The molecule has 0 saturated carbocycles. The fraction of sp³-hybridized carbons (Fsp3) is 0.667. The van der Waals surface area contributed by atoms with Crippen LogP contribution in [0.2, 0.25) is 0 Å². The van der Waals surface area contributed by atoms with Crippen LogP contribution in [0.15, 0.2) is 12.2 Å². The minimum Gasteiger partial charge on any atom is -0.161 e. The minimum absolute atomic E-state index is 1.11. The van der Waals surface area contributed by atoms with Crippen molar-refractivity contribution in [3.63, 3.8) is 0 Å². The summed E-state index contributed by atoms with van der Waals surface area (Å²) in [5.41, 5.74) is 1.34. The van der Waals surface area contributed by atoms with Crippen LogP contribution in [0.3, 0.4) is 0 Å². The minimum atomic E-state index is 1.11. The summed E-state index contributed by atoms with van der Waals surface area (Å²) in [5, 5.41) is 0. The van der Waals surface area contributed by atoms with Crippen LogP contribution < -0.4 is 0 Å². The molecule has 0 N–H and O–H groups in total. The smallest absolute Gasteiger partial charge is 0.0146 e. The van der Waals surface area contributed by atoms with E-state index in [9.17, 15) is 0 Å². The van der Waals surface area contributed by atoms with E-state index in [1.54, 1.807) is 0 Å². The lowest BCUT2D eigenvalue weighted by Gasteiger charge is -1.97. The molecule has 0 aromatic heterocycles. The quantitative estimate of drug-likeness (QED) is 0.561. The van der Waals surface area contributed by atoms with Crippen molar-refractivity contribution in [1.29, 1.82) is 0 Å². The van der Waals surface area contributed by atoms with E-state index in [-0.39, 0.29) is 0 Å². The van der Waals surface area contributed by atoms with Gasteiger partial charge in [-0.1, -0.05) is 12.2 Å². The molecule has 8 heavy (non-hydrogen) atoms. The summed E-state index contributed by atoms with van der Waals surface area (Å²) in [5.74, 6) is 2.22. The Morgan fingerprint density at radius 1 is 1.25 bits per heavy atom. The van der Waals surface area contributed by atoms with Crippen LogP contribution in [-0.2, 0) is 0 Å². The first-order valence-electron chi connectivity index (χ1n) is 2.45. The van der Waals surface area contributed by atoms with Gasteiger partial charge in [-0.25, -0.2) is 0 Å². The molecule has 0 fully saturated rings.